The molecule has 2 aromatic carbocycles. The number of fused-ring (bicyclic) bond motifs is 1. The maximum absolute atomic E-state index is 12.9. The van der Waals surface area contributed by atoms with Crippen molar-refractivity contribution in [2.24, 2.45) is 11.3 Å². The first-order chi connectivity index (χ1) is 19.1. The summed E-state index contributed by atoms with van der Waals surface area (Å²) in [5.41, 5.74) is 1.98. The van der Waals surface area contributed by atoms with Crippen molar-refractivity contribution in [1.82, 2.24) is 18.2 Å². The minimum atomic E-state index is -3.68. The van der Waals surface area contributed by atoms with Crippen LogP contribution in [0.15, 0.2) is 79.1 Å². The molecule has 0 radical (unpaired) electrons. The van der Waals surface area contributed by atoms with Gasteiger partial charge < -0.3 is 5.32 Å². The van der Waals surface area contributed by atoms with Crippen LogP contribution in [0.4, 0.5) is 5.82 Å². The number of hydrogen-bond acceptors (Lipinski definition) is 8. The number of rotatable bonds is 10. The molecule has 1 saturated carbocycles. The fourth-order valence-electron chi connectivity index (χ4n) is 5.62. The van der Waals surface area contributed by atoms with Gasteiger partial charge in [0.05, 0.1) is 24.2 Å². The van der Waals surface area contributed by atoms with Gasteiger partial charge in [0.2, 0.25) is 20.0 Å². The first-order valence-corrected chi connectivity index (χ1v) is 16.2. The van der Waals surface area contributed by atoms with Crippen LogP contribution in [-0.2, 0) is 36.3 Å². The fraction of sp³-hybridized carbons (Fsp3) is 0.321. The normalized spacial score (nSPS) is 17.4. The molecule has 0 amide bonds. The van der Waals surface area contributed by atoms with Crippen LogP contribution in [0.5, 0.6) is 0 Å². The highest BCUT2D eigenvalue weighted by Crippen LogP contribution is 2.53. The van der Waals surface area contributed by atoms with Crippen LogP contribution in [-0.4, -0.2) is 60.5 Å². The number of hydrogen-bond donors (Lipinski definition) is 1. The lowest BCUT2D eigenvalue weighted by atomic mass is 9.57. The van der Waals surface area contributed by atoms with Crippen LogP contribution < -0.4 is 5.32 Å². The summed E-state index contributed by atoms with van der Waals surface area (Å²) in [6.45, 7) is 1.00. The summed E-state index contributed by atoms with van der Waals surface area (Å²) in [5, 5.41) is 3.01. The predicted octanol–water partition coefficient (Wildman–Crippen LogP) is 3.03. The van der Waals surface area contributed by atoms with Gasteiger partial charge in [-0.05, 0) is 35.4 Å². The number of anilines is 1. The smallest absolute Gasteiger partial charge is 0.244 e. The Hall–Kier alpha value is -3.61. The minimum absolute atomic E-state index is 0.0100. The summed E-state index contributed by atoms with van der Waals surface area (Å²) in [7, 11) is -7.05. The quantitative estimate of drug-likeness (QED) is 0.303. The number of Topliss-reactive ketones (excluding diaryl/α,β-unsaturated/α-hetero) is 1. The molecule has 1 aliphatic heterocycles. The second-order valence-electron chi connectivity index (χ2n) is 10.8. The van der Waals surface area contributed by atoms with Gasteiger partial charge in [-0.2, -0.15) is 0 Å². The van der Waals surface area contributed by atoms with Gasteiger partial charge in [0.15, 0.2) is 11.4 Å². The van der Waals surface area contributed by atoms with E-state index in [-0.39, 0.29) is 40.8 Å². The van der Waals surface area contributed by atoms with Crippen molar-refractivity contribution in [1.29, 1.82) is 0 Å². The maximum atomic E-state index is 12.9. The van der Waals surface area contributed by atoms with Gasteiger partial charge in [0.1, 0.15) is 11.3 Å². The second kappa shape index (κ2) is 10.1. The molecule has 1 spiro atoms. The number of carbonyl (C=O) groups is 1. The molecule has 6 rings (SSSR count). The van der Waals surface area contributed by atoms with E-state index in [4.69, 9.17) is 0 Å². The molecule has 1 N–H and O–H groups in total. The van der Waals surface area contributed by atoms with Gasteiger partial charge >= 0.3 is 0 Å². The van der Waals surface area contributed by atoms with Crippen molar-refractivity contribution >= 4 is 42.8 Å². The number of nitrogens with one attached hydrogen (secondary N) is 1. The van der Waals surface area contributed by atoms with E-state index in [1.807, 2.05) is 36.4 Å². The molecule has 2 aromatic heterocycles. The number of benzene rings is 2. The highest BCUT2D eigenvalue weighted by molar-refractivity contribution is 7.89. The summed E-state index contributed by atoms with van der Waals surface area (Å²) < 4.78 is 53.9. The van der Waals surface area contributed by atoms with Crippen molar-refractivity contribution < 1.29 is 21.6 Å². The molecule has 208 valence electrons. The molecule has 0 bridgehead atoms. The third-order valence-electron chi connectivity index (χ3n) is 7.71. The van der Waals surface area contributed by atoms with Crippen molar-refractivity contribution in [3.63, 3.8) is 0 Å². The number of ketones is 1. The first-order valence-electron chi connectivity index (χ1n) is 13.0. The fourth-order valence-corrected chi connectivity index (χ4v) is 8.76. The van der Waals surface area contributed by atoms with Gasteiger partial charge in [0.25, 0.3) is 0 Å². The molecule has 1 aliphatic carbocycles. The number of sulfonamides is 1. The second-order valence-corrected chi connectivity index (χ2v) is 14.6. The highest BCUT2D eigenvalue weighted by Gasteiger charge is 2.56. The summed E-state index contributed by atoms with van der Waals surface area (Å²) in [5.74, 6) is 0.139. The lowest BCUT2D eigenvalue weighted by molar-refractivity contribution is -0.134. The molecule has 12 heteroatoms. The van der Waals surface area contributed by atoms with Gasteiger partial charge in [-0.1, -0.05) is 60.7 Å². The van der Waals surface area contributed by atoms with Crippen LogP contribution in [0.2, 0.25) is 0 Å². The Morgan fingerprint density at radius 3 is 2.10 bits per heavy atom. The van der Waals surface area contributed by atoms with Gasteiger partial charge in [0, 0.05) is 25.2 Å². The van der Waals surface area contributed by atoms with Crippen molar-refractivity contribution in [3.05, 3.63) is 90.3 Å². The van der Waals surface area contributed by atoms with E-state index in [1.165, 1.54) is 16.7 Å². The van der Waals surface area contributed by atoms with Crippen LogP contribution in [0, 0.1) is 11.3 Å². The monoisotopic (exact) mass is 579 g/mol. The molecular weight excluding hydrogens is 550 g/mol. The molecule has 2 aliphatic rings. The summed E-state index contributed by atoms with van der Waals surface area (Å²) >= 11 is 0. The molecule has 10 nitrogen and oxygen atoms in total. The molecule has 0 unspecified atom stereocenters. The Bertz CT molecular complexity index is 1760. The summed E-state index contributed by atoms with van der Waals surface area (Å²) in [4.78, 5) is 21.5. The molecular formula is C28H29N5O5S2. The third-order valence-corrected chi connectivity index (χ3v) is 11.0. The van der Waals surface area contributed by atoms with Gasteiger partial charge in [-0.25, -0.2) is 35.1 Å². The third kappa shape index (κ3) is 5.26. The SMILES string of the molecule is O=C(CNc1cnc2c(ccn2S(=O)(=O)Cc2ccccc2)n1)C1CC2(C1)CN(S(=O)(=O)Cc1ccccc1)C2. The molecule has 2 fully saturated rings. The zero-order valence-electron chi connectivity index (χ0n) is 21.7. The standard InChI is InChI=1S/C28H29N5O5S2/c34-25(23-13-28(14-23)19-32(20-28)39(35,36)17-21-7-3-1-4-8-21)15-29-26-16-30-27-24(31-26)11-12-33(27)40(37,38)18-22-9-5-2-6-10-22/h1-12,16,23H,13-15,17-20H2,(H,29,31). The lowest BCUT2D eigenvalue weighted by Gasteiger charge is -2.57. The number of aromatic nitrogens is 3. The van der Waals surface area contributed by atoms with Crippen molar-refractivity contribution in [3.8, 4) is 0 Å². The molecule has 4 aromatic rings. The maximum Gasteiger partial charge on any atom is 0.244 e. The zero-order chi connectivity index (χ0) is 28.0. The van der Waals surface area contributed by atoms with Crippen LogP contribution >= 0.6 is 0 Å². The van der Waals surface area contributed by atoms with E-state index in [1.54, 1.807) is 30.3 Å². The van der Waals surface area contributed by atoms with Crippen LogP contribution in [0.25, 0.3) is 11.2 Å². The topological polar surface area (TPSA) is 131 Å². The van der Waals surface area contributed by atoms with E-state index < -0.39 is 20.0 Å². The first kappa shape index (κ1) is 26.6. The number of carbonyl (C=O) groups excluding carboxylic acids is 1. The average molecular weight is 580 g/mol. The molecule has 3 heterocycles. The summed E-state index contributed by atoms with van der Waals surface area (Å²) in [6, 6.07) is 19.6. The average Bonchev–Trinajstić information content (AvgIpc) is 3.31. The predicted molar refractivity (Wildman–Crippen MR) is 151 cm³/mol. The Morgan fingerprint density at radius 1 is 0.875 bits per heavy atom. The Kier molecular flexibility index (Phi) is 6.71. The lowest BCUT2D eigenvalue weighted by Crippen LogP contribution is -2.64. The van der Waals surface area contributed by atoms with E-state index in [0.717, 1.165) is 9.54 Å². The van der Waals surface area contributed by atoms with Gasteiger partial charge in [-0.15, -0.1) is 0 Å². The van der Waals surface area contributed by atoms with Crippen LogP contribution in [0.1, 0.15) is 24.0 Å². The minimum Gasteiger partial charge on any atom is -0.362 e. The molecule has 1 saturated heterocycles. The Balaban J connectivity index is 1.01. The van der Waals surface area contributed by atoms with Crippen LogP contribution in [0.3, 0.4) is 0 Å². The molecule has 40 heavy (non-hydrogen) atoms. The van der Waals surface area contributed by atoms with E-state index in [9.17, 15) is 21.6 Å². The largest absolute Gasteiger partial charge is 0.362 e. The number of nitrogens with zero attached hydrogens (tertiary/aromatic N) is 4. The Morgan fingerprint density at radius 2 is 1.48 bits per heavy atom. The van der Waals surface area contributed by atoms with Crippen molar-refractivity contribution in [2.45, 2.75) is 24.3 Å². The zero-order valence-corrected chi connectivity index (χ0v) is 23.3. The van der Waals surface area contributed by atoms with Gasteiger partial charge in [-0.3, -0.25) is 4.79 Å². The van der Waals surface area contributed by atoms with E-state index in [0.29, 0.717) is 42.8 Å². The van der Waals surface area contributed by atoms with E-state index >= 15 is 0 Å². The van der Waals surface area contributed by atoms with Crippen molar-refractivity contribution in [2.75, 3.05) is 25.0 Å². The van der Waals surface area contributed by atoms with E-state index in [2.05, 4.69) is 15.3 Å². The summed E-state index contributed by atoms with van der Waals surface area (Å²) in [6.07, 6.45) is 4.22. The highest BCUT2D eigenvalue weighted by atomic mass is 32.2. The molecule has 0 atom stereocenters. The Labute approximate surface area is 233 Å².